The SMILES string of the molecule is COCCCN(CCOC)C1CCC(CO)(NC2CC2)C1. The first-order valence-corrected chi connectivity index (χ1v) is 8.33. The van der Waals surface area contributed by atoms with Crippen LogP contribution in [0.25, 0.3) is 0 Å². The van der Waals surface area contributed by atoms with Crippen LogP contribution < -0.4 is 5.32 Å². The lowest BCUT2D eigenvalue weighted by molar-refractivity contribution is 0.0978. The lowest BCUT2D eigenvalue weighted by Crippen LogP contribution is -2.49. The topological polar surface area (TPSA) is 54.0 Å². The number of hydrogen-bond donors (Lipinski definition) is 2. The smallest absolute Gasteiger partial charge is 0.0614 e. The second-order valence-corrected chi connectivity index (χ2v) is 6.63. The van der Waals surface area contributed by atoms with Crippen molar-refractivity contribution >= 4 is 0 Å². The average molecular weight is 300 g/mol. The Morgan fingerprint density at radius 3 is 2.52 bits per heavy atom. The van der Waals surface area contributed by atoms with Crippen LogP contribution in [-0.4, -0.2) is 74.8 Å². The molecule has 2 aliphatic rings. The van der Waals surface area contributed by atoms with Crippen LogP contribution in [0.2, 0.25) is 0 Å². The molecule has 0 aromatic rings. The van der Waals surface area contributed by atoms with Crippen LogP contribution in [0.4, 0.5) is 0 Å². The zero-order valence-corrected chi connectivity index (χ0v) is 13.6. The molecule has 2 fully saturated rings. The van der Waals surface area contributed by atoms with Crippen molar-refractivity contribution < 1.29 is 14.6 Å². The van der Waals surface area contributed by atoms with Gasteiger partial charge in [0.25, 0.3) is 0 Å². The Hall–Kier alpha value is -0.200. The Morgan fingerprint density at radius 2 is 1.90 bits per heavy atom. The number of ether oxygens (including phenoxy) is 2. The van der Waals surface area contributed by atoms with Crippen LogP contribution in [-0.2, 0) is 9.47 Å². The minimum absolute atomic E-state index is 0.0432. The normalized spacial score (nSPS) is 29.4. The number of aliphatic hydroxyl groups excluding tert-OH is 1. The van der Waals surface area contributed by atoms with E-state index in [0.29, 0.717) is 12.1 Å². The first kappa shape index (κ1) is 17.2. The van der Waals surface area contributed by atoms with E-state index in [2.05, 4.69) is 10.2 Å². The summed E-state index contributed by atoms with van der Waals surface area (Å²) in [5.41, 5.74) is -0.0432. The van der Waals surface area contributed by atoms with Gasteiger partial charge in [-0.1, -0.05) is 0 Å². The quantitative estimate of drug-likeness (QED) is 0.558. The number of methoxy groups -OCH3 is 2. The van der Waals surface area contributed by atoms with E-state index in [-0.39, 0.29) is 12.1 Å². The van der Waals surface area contributed by atoms with E-state index in [9.17, 15) is 5.11 Å². The van der Waals surface area contributed by atoms with Gasteiger partial charge in [-0.15, -0.1) is 0 Å². The van der Waals surface area contributed by atoms with E-state index in [1.54, 1.807) is 14.2 Å². The van der Waals surface area contributed by atoms with Gasteiger partial charge in [-0.3, -0.25) is 4.90 Å². The van der Waals surface area contributed by atoms with Gasteiger partial charge in [0.05, 0.1) is 13.2 Å². The number of rotatable bonds is 11. The molecular formula is C16H32N2O3. The molecule has 0 heterocycles. The fourth-order valence-corrected chi connectivity index (χ4v) is 3.49. The second kappa shape index (κ2) is 8.44. The molecule has 5 nitrogen and oxygen atoms in total. The summed E-state index contributed by atoms with van der Waals surface area (Å²) < 4.78 is 10.4. The highest BCUT2D eigenvalue weighted by Crippen LogP contribution is 2.36. The number of hydrogen-bond acceptors (Lipinski definition) is 5. The highest BCUT2D eigenvalue weighted by atomic mass is 16.5. The summed E-state index contributed by atoms with van der Waals surface area (Å²) in [5, 5.41) is 13.5. The summed E-state index contributed by atoms with van der Waals surface area (Å²) in [4.78, 5) is 2.52. The van der Waals surface area contributed by atoms with E-state index in [1.165, 1.54) is 12.8 Å². The van der Waals surface area contributed by atoms with Crippen molar-refractivity contribution in [1.29, 1.82) is 0 Å². The molecule has 0 aliphatic heterocycles. The fraction of sp³-hybridized carbons (Fsp3) is 1.00. The molecule has 0 bridgehead atoms. The molecular weight excluding hydrogens is 268 g/mol. The summed E-state index contributed by atoms with van der Waals surface area (Å²) in [5.74, 6) is 0. The molecule has 2 atom stereocenters. The third-order valence-electron chi connectivity index (χ3n) is 4.87. The number of aliphatic hydroxyl groups is 1. The molecule has 124 valence electrons. The van der Waals surface area contributed by atoms with Crippen molar-refractivity contribution in [3.05, 3.63) is 0 Å². The fourth-order valence-electron chi connectivity index (χ4n) is 3.49. The highest BCUT2D eigenvalue weighted by molar-refractivity contribution is 5.03. The molecule has 0 radical (unpaired) electrons. The molecule has 2 saturated carbocycles. The van der Waals surface area contributed by atoms with Crippen molar-refractivity contribution in [1.82, 2.24) is 10.2 Å². The van der Waals surface area contributed by atoms with Gasteiger partial charge in [-0.25, -0.2) is 0 Å². The Kier molecular flexibility index (Phi) is 6.89. The summed E-state index contributed by atoms with van der Waals surface area (Å²) in [6.45, 7) is 3.85. The largest absolute Gasteiger partial charge is 0.394 e. The van der Waals surface area contributed by atoms with Gasteiger partial charge in [0.1, 0.15) is 0 Å². The van der Waals surface area contributed by atoms with Crippen LogP contribution >= 0.6 is 0 Å². The molecule has 0 saturated heterocycles. The van der Waals surface area contributed by atoms with Crippen LogP contribution in [0.1, 0.15) is 38.5 Å². The van der Waals surface area contributed by atoms with Gasteiger partial charge in [-0.2, -0.15) is 0 Å². The predicted molar refractivity (Wildman–Crippen MR) is 83.6 cm³/mol. The minimum atomic E-state index is -0.0432. The molecule has 0 spiro atoms. The van der Waals surface area contributed by atoms with E-state index >= 15 is 0 Å². The standard InChI is InChI=1S/C16H32N2O3/c1-20-10-3-8-18(9-11-21-2)15-6-7-16(12-15,13-19)17-14-4-5-14/h14-15,17,19H,3-13H2,1-2H3. The molecule has 2 unspecified atom stereocenters. The van der Waals surface area contributed by atoms with Gasteiger partial charge in [0.15, 0.2) is 0 Å². The molecule has 0 aromatic heterocycles. The first-order valence-electron chi connectivity index (χ1n) is 8.33. The maximum atomic E-state index is 9.86. The Labute approximate surface area is 129 Å². The predicted octanol–water partition coefficient (Wildman–Crippen LogP) is 1.01. The summed E-state index contributed by atoms with van der Waals surface area (Å²) in [7, 11) is 3.51. The average Bonchev–Trinajstić information content (AvgIpc) is 3.20. The van der Waals surface area contributed by atoms with Crippen molar-refractivity contribution in [2.45, 2.75) is 56.1 Å². The van der Waals surface area contributed by atoms with Gasteiger partial charge >= 0.3 is 0 Å². The third kappa shape index (κ3) is 5.18. The monoisotopic (exact) mass is 300 g/mol. The number of nitrogens with one attached hydrogen (secondary N) is 1. The molecule has 2 rings (SSSR count). The number of nitrogens with zero attached hydrogens (tertiary/aromatic N) is 1. The maximum absolute atomic E-state index is 9.86. The van der Waals surface area contributed by atoms with E-state index in [4.69, 9.17) is 9.47 Å². The zero-order chi connectivity index (χ0) is 15.1. The molecule has 0 aromatic carbocycles. The molecule has 0 amide bonds. The Balaban J connectivity index is 1.86. The minimum Gasteiger partial charge on any atom is -0.394 e. The first-order chi connectivity index (χ1) is 10.2. The van der Waals surface area contributed by atoms with Crippen molar-refractivity contribution in [2.75, 3.05) is 47.1 Å². The Morgan fingerprint density at radius 1 is 1.14 bits per heavy atom. The van der Waals surface area contributed by atoms with E-state index < -0.39 is 0 Å². The summed E-state index contributed by atoms with van der Waals surface area (Å²) in [6.07, 6.45) is 6.90. The molecule has 2 aliphatic carbocycles. The van der Waals surface area contributed by atoms with Crippen LogP contribution in [0.5, 0.6) is 0 Å². The van der Waals surface area contributed by atoms with Crippen LogP contribution in [0.15, 0.2) is 0 Å². The third-order valence-corrected chi connectivity index (χ3v) is 4.87. The van der Waals surface area contributed by atoms with Crippen LogP contribution in [0, 0.1) is 0 Å². The summed E-state index contributed by atoms with van der Waals surface area (Å²) in [6, 6.07) is 1.20. The van der Waals surface area contributed by atoms with Crippen molar-refractivity contribution in [2.24, 2.45) is 0 Å². The Bertz CT molecular complexity index is 299. The lowest BCUT2D eigenvalue weighted by atomic mass is 9.98. The van der Waals surface area contributed by atoms with Gasteiger partial charge in [0, 0.05) is 51.5 Å². The van der Waals surface area contributed by atoms with Crippen LogP contribution in [0.3, 0.4) is 0 Å². The van der Waals surface area contributed by atoms with Gasteiger partial charge < -0.3 is 19.9 Å². The van der Waals surface area contributed by atoms with Gasteiger partial charge in [0.2, 0.25) is 0 Å². The summed E-state index contributed by atoms with van der Waals surface area (Å²) >= 11 is 0. The zero-order valence-electron chi connectivity index (χ0n) is 13.6. The second-order valence-electron chi connectivity index (χ2n) is 6.63. The van der Waals surface area contributed by atoms with Crippen molar-refractivity contribution in [3.63, 3.8) is 0 Å². The molecule has 21 heavy (non-hydrogen) atoms. The molecule has 2 N–H and O–H groups in total. The molecule has 5 heteroatoms. The lowest BCUT2D eigenvalue weighted by Gasteiger charge is -2.32. The van der Waals surface area contributed by atoms with E-state index in [0.717, 1.165) is 52.0 Å². The van der Waals surface area contributed by atoms with Gasteiger partial charge in [-0.05, 0) is 38.5 Å². The highest BCUT2D eigenvalue weighted by Gasteiger charge is 2.43. The van der Waals surface area contributed by atoms with Crippen molar-refractivity contribution in [3.8, 4) is 0 Å². The maximum Gasteiger partial charge on any atom is 0.0614 e. The van der Waals surface area contributed by atoms with E-state index in [1.807, 2.05) is 0 Å².